The normalized spacial score (nSPS) is 19.7. The number of aromatic nitrogens is 3. The maximum Gasteiger partial charge on any atom is 0.138 e. The van der Waals surface area contributed by atoms with Crippen molar-refractivity contribution in [3.63, 3.8) is 0 Å². The molecule has 88 valence electrons. The van der Waals surface area contributed by atoms with Gasteiger partial charge in [-0.1, -0.05) is 6.07 Å². The number of hydrogen-bond acceptors (Lipinski definition) is 3. The van der Waals surface area contributed by atoms with E-state index < -0.39 is 0 Å². The van der Waals surface area contributed by atoms with Crippen LogP contribution >= 0.6 is 15.9 Å². The molecule has 2 aromatic rings. The third kappa shape index (κ3) is 2.12. The standard InChI is InChI=1S/C12H13BrN4/c13-11-5-9(10-3-4-14-6-10)1-2-12(11)17-8-15-7-16-17/h1-2,5,7-8,10,14H,3-4,6H2. The first-order valence-corrected chi connectivity index (χ1v) is 6.49. The number of nitrogens with one attached hydrogen (secondary N) is 1. The van der Waals surface area contributed by atoms with E-state index in [0.717, 1.165) is 23.2 Å². The van der Waals surface area contributed by atoms with E-state index in [1.807, 2.05) is 0 Å². The summed E-state index contributed by atoms with van der Waals surface area (Å²) < 4.78 is 2.83. The lowest BCUT2D eigenvalue weighted by atomic mass is 9.98. The lowest BCUT2D eigenvalue weighted by molar-refractivity contribution is 0.761. The molecule has 1 aliphatic heterocycles. The van der Waals surface area contributed by atoms with Gasteiger partial charge in [0.1, 0.15) is 12.7 Å². The minimum Gasteiger partial charge on any atom is -0.316 e. The van der Waals surface area contributed by atoms with Crippen molar-refractivity contribution < 1.29 is 0 Å². The lowest BCUT2D eigenvalue weighted by Crippen LogP contribution is -2.08. The second kappa shape index (κ2) is 4.58. The van der Waals surface area contributed by atoms with E-state index in [4.69, 9.17) is 0 Å². The van der Waals surface area contributed by atoms with E-state index >= 15 is 0 Å². The fourth-order valence-electron chi connectivity index (χ4n) is 2.23. The van der Waals surface area contributed by atoms with Crippen LogP contribution in [0.2, 0.25) is 0 Å². The second-order valence-electron chi connectivity index (χ2n) is 4.24. The first kappa shape index (κ1) is 10.9. The summed E-state index contributed by atoms with van der Waals surface area (Å²) >= 11 is 3.61. The Hall–Kier alpha value is -1.20. The van der Waals surface area contributed by atoms with Gasteiger partial charge in [-0.3, -0.25) is 0 Å². The Bertz CT molecular complexity index is 503. The van der Waals surface area contributed by atoms with Crippen LogP contribution in [0.15, 0.2) is 35.3 Å². The Kier molecular flexibility index (Phi) is 2.94. The summed E-state index contributed by atoms with van der Waals surface area (Å²) in [5.74, 6) is 0.635. The molecule has 1 N–H and O–H groups in total. The molecular weight excluding hydrogens is 280 g/mol. The van der Waals surface area contributed by atoms with Crippen molar-refractivity contribution in [1.82, 2.24) is 20.1 Å². The SMILES string of the molecule is Brc1cc(C2CCNC2)ccc1-n1cncn1. The van der Waals surface area contributed by atoms with E-state index in [9.17, 15) is 0 Å². The average Bonchev–Trinajstić information content (AvgIpc) is 3.02. The Balaban J connectivity index is 1.94. The highest BCUT2D eigenvalue weighted by molar-refractivity contribution is 9.10. The fraction of sp³-hybridized carbons (Fsp3) is 0.333. The number of benzene rings is 1. The highest BCUT2D eigenvalue weighted by atomic mass is 79.9. The number of rotatable bonds is 2. The molecule has 0 amide bonds. The van der Waals surface area contributed by atoms with Gasteiger partial charge in [-0.2, -0.15) is 5.10 Å². The molecule has 1 aromatic heterocycles. The van der Waals surface area contributed by atoms with Crippen LogP contribution in [0.3, 0.4) is 0 Å². The van der Waals surface area contributed by atoms with E-state index in [-0.39, 0.29) is 0 Å². The molecule has 1 saturated heterocycles. The van der Waals surface area contributed by atoms with Gasteiger partial charge < -0.3 is 5.32 Å². The topological polar surface area (TPSA) is 42.7 Å². The average molecular weight is 293 g/mol. The van der Waals surface area contributed by atoms with Gasteiger partial charge in [0, 0.05) is 11.0 Å². The molecule has 1 aliphatic rings. The zero-order valence-corrected chi connectivity index (χ0v) is 10.9. The molecule has 0 aliphatic carbocycles. The van der Waals surface area contributed by atoms with Gasteiger partial charge >= 0.3 is 0 Å². The summed E-state index contributed by atoms with van der Waals surface area (Å²) in [6, 6.07) is 6.46. The summed E-state index contributed by atoms with van der Waals surface area (Å²) in [6.45, 7) is 2.20. The molecule has 0 saturated carbocycles. The molecule has 1 atom stereocenters. The molecule has 3 rings (SSSR count). The van der Waals surface area contributed by atoms with Crippen LogP contribution in [0.25, 0.3) is 5.69 Å². The highest BCUT2D eigenvalue weighted by Gasteiger charge is 2.17. The zero-order valence-electron chi connectivity index (χ0n) is 9.31. The largest absolute Gasteiger partial charge is 0.316 e. The highest BCUT2D eigenvalue weighted by Crippen LogP contribution is 2.28. The Morgan fingerprint density at radius 3 is 3.00 bits per heavy atom. The van der Waals surface area contributed by atoms with Crippen molar-refractivity contribution in [2.24, 2.45) is 0 Å². The summed E-state index contributed by atoms with van der Waals surface area (Å²) in [4.78, 5) is 3.96. The van der Waals surface area contributed by atoms with Crippen LogP contribution in [-0.2, 0) is 0 Å². The number of nitrogens with zero attached hydrogens (tertiary/aromatic N) is 3. The van der Waals surface area contributed by atoms with E-state index in [2.05, 4.69) is 49.5 Å². The zero-order chi connectivity index (χ0) is 11.7. The van der Waals surface area contributed by atoms with Gasteiger partial charge in [0.25, 0.3) is 0 Å². The van der Waals surface area contributed by atoms with Gasteiger partial charge in [0.05, 0.1) is 5.69 Å². The smallest absolute Gasteiger partial charge is 0.138 e. The third-order valence-corrected chi connectivity index (χ3v) is 3.80. The third-order valence-electron chi connectivity index (χ3n) is 3.17. The molecular formula is C12H13BrN4. The minimum absolute atomic E-state index is 0.635. The predicted octanol–water partition coefficient (Wildman–Crippen LogP) is 2.11. The summed E-state index contributed by atoms with van der Waals surface area (Å²) in [5, 5.41) is 7.53. The number of halogens is 1. The Morgan fingerprint density at radius 2 is 2.35 bits per heavy atom. The predicted molar refractivity (Wildman–Crippen MR) is 69.3 cm³/mol. The quantitative estimate of drug-likeness (QED) is 0.922. The van der Waals surface area contributed by atoms with Crippen LogP contribution in [0.5, 0.6) is 0 Å². The Morgan fingerprint density at radius 1 is 1.41 bits per heavy atom. The van der Waals surface area contributed by atoms with Crippen LogP contribution in [0.1, 0.15) is 17.9 Å². The first-order chi connectivity index (χ1) is 8.34. The fourth-order valence-corrected chi connectivity index (χ4v) is 2.81. The van der Waals surface area contributed by atoms with Crippen molar-refractivity contribution in [2.75, 3.05) is 13.1 Å². The monoisotopic (exact) mass is 292 g/mol. The van der Waals surface area contributed by atoms with E-state index in [0.29, 0.717) is 5.92 Å². The van der Waals surface area contributed by atoms with Gasteiger partial charge in [-0.25, -0.2) is 9.67 Å². The maximum absolute atomic E-state index is 4.14. The second-order valence-corrected chi connectivity index (χ2v) is 5.09. The summed E-state index contributed by atoms with van der Waals surface area (Å²) in [7, 11) is 0. The first-order valence-electron chi connectivity index (χ1n) is 5.70. The summed E-state index contributed by atoms with van der Waals surface area (Å²) in [6.07, 6.45) is 4.47. The molecule has 4 nitrogen and oxygen atoms in total. The van der Waals surface area contributed by atoms with Gasteiger partial charge in [0.2, 0.25) is 0 Å². The maximum atomic E-state index is 4.14. The lowest BCUT2D eigenvalue weighted by Gasteiger charge is -2.11. The van der Waals surface area contributed by atoms with Gasteiger partial charge in [-0.05, 0) is 52.5 Å². The van der Waals surface area contributed by atoms with Crippen LogP contribution in [0.4, 0.5) is 0 Å². The Labute approximate surface area is 108 Å². The molecule has 1 aromatic carbocycles. The van der Waals surface area contributed by atoms with Crippen molar-refractivity contribution in [1.29, 1.82) is 0 Å². The molecule has 5 heteroatoms. The van der Waals surface area contributed by atoms with Crippen LogP contribution in [0, 0.1) is 0 Å². The molecule has 0 spiro atoms. The molecule has 17 heavy (non-hydrogen) atoms. The van der Waals surface area contributed by atoms with Crippen molar-refractivity contribution in [3.8, 4) is 5.69 Å². The van der Waals surface area contributed by atoms with Crippen molar-refractivity contribution in [2.45, 2.75) is 12.3 Å². The molecule has 0 bridgehead atoms. The van der Waals surface area contributed by atoms with E-state index in [1.54, 1.807) is 17.3 Å². The van der Waals surface area contributed by atoms with Gasteiger partial charge in [-0.15, -0.1) is 0 Å². The van der Waals surface area contributed by atoms with Crippen LogP contribution in [-0.4, -0.2) is 27.9 Å². The molecule has 2 heterocycles. The van der Waals surface area contributed by atoms with Crippen molar-refractivity contribution in [3.05, 3.63) is 40.9 Å². The minimum atomic E-state index is 0.635. The summed E-state index contributed by atoms with van der Waals surface area (Å²) in [5.41, 5.74) is 2.41. The molecule has 1 unspecified atom stereocenters. The van der Waals surface area contributed by atoms with Gasteiger partial charge in [0.15, 0.2) is 0 Å². The van der Waals surface area contributed by atoms with Crippen molar-refractivity contribution >= 4 is 15.9 Å². The molecule has 1 fully saturated rings. The molecule has 0 radical (unpaired) electrons. The van der Waals surface area contributed by atoms with E-state index in [1.165, 1.54) is 12.0 Å². The number of hydrogen-bond donors (Lipinski definition) is 1. The van der Waals surface area contributed by atoms with Crippen LogP contribution < -0.4 is 5.32 Å².